The molecule has 0 spiro atoms. The Kier molecular flexibility index (Phi) is 6.62. The summed E-state index contributed by atoms with van der Waals surface area (Å²) < 4.78 is 6.04. The van der Waals surface area contributed by atoms with E-state index in [1.807, 2.05) is 37.2 Å². The summed E-state index contributed by atoms with van der Waals surface area (Å²) in [7, 11) is 5.51. The van der Waals surface area contributed by atoms with E-state index in [0.717, 1.165) is 26.5 Å². The van der Waals surface area contributed by atoms with E-state index in [2.05, 4.69) is 26.2 Å². The Morgan fingerprint density at radius 2 is 2.07 bits per heavy atom. The number of hydrogen-bond acceptors (Lipinski definition) is 5. The first kappa shape index (κ1) is 21.4. The topological polar surface area (TPSA) is 74.7 Å². The van der Waals surface area contributed by atoms with E-state index >= 15 is 0 Å². The van der Waals surface area contributed by atoms with Gasteiger partial charge in [0.2, 0.25) is 0 Å². The van der Waals surface area contributed by atoms with Crippen LogP contribution in [0.5, 0.6) is 5.75 Å². The van der Waals surface area contributed by atoms with Gasteiger partial charge in [0.15, 0.2) is 0 Å². The molecule has 29 heavy (non-hydrogen) atoms. The second-order valence-electron chi connectivity index (χ2n) is 6.87. The molecule has 0 aliphatic heterocycles. The van der Waals surface area contributed by atoms with Gasteiger partial charge in [-0.3, -0.25) is 4.98 Å². The van der Waals surface area contributed by atoms with E-state index in [0.29, 0.717) is 29.5 Å². The first-order valence-corrected chi connectivity index (χ1v) is 10.0. The Morgan fingerprint density at radius 3 is 2.69 bits per heavy atom. The number of pyridine rings is 1. The number of methoxy groups -OCH3 is 1. The lowest BCUT2D eigenvalue weighted by Crippen LogP contribution is -2.13. The number of aromatic carboxylic acids is 1. The second kappa shape index (κ2) is 8.98. The maximum Gasteiger partial charge on any atom is 0.339 e. The number of aromatic nitrogens is 1. The lowest BCUT2D eigenvalue weighted by atomic mass is 10.0. The van der Waals surface area contributed by atoms with E-state index in [-0.39, 0.29) is 5.56 Å². The van der Waals surface area contributed by atoms with Crippen LogP contribution in [0.15, 0.2) is 41.0 Å². The molecule has 0 saturated heterocycles. The first-order chi connectivity index (χ1) is 13.8. The first-order valence-electron chi connectivity index (χ1n) is 8.85. The summed E-state index contributed by atoms with van der Waals surface area (Å²) in [6.07, 6.45) is 1.40. The third kappa shape index (κ3) is 4.80. The Balaban J connectivity index is 2.06. The molecule has 1 aromatic heterocycles. The molecular formula is C21H21BrClN3O3. The van der Waals surface area contributed by atoms with Crippen LogP contribution in [-0.2, 0) is 13.1 Å². The number of anilines is 1. The predicted octanol–water partition coefficient (Wildman–Crippen LogP) is 5.03. The van der Waals surface area contributed by atoms with Gasteiger partial charge in [-0.25, -0.2) is 4.79 Å². The standard InChI is InChI=1S/C21H21BrClN3O3/c1-26(2)11-13-7-14(22)8-15-19(13)25-10-16(21(27)28)20(15)24-9-12-4-5-18(29-3)17(23)6-12/h4-8,10H,9,11H2,1-3H3,(H,24,25)(H,27,28). The fourth-order valence-corrected chi connectivity index (χ4v) is 3.95. The van der Waals surface area contributed by atoms with Gasteiger partial charge < -0.3 is 20.1 Å². The molecule has 0 amide bonds. The summed E-state index contributed by atoms with van der Waals surface area (Å²) in [6.45, 7) is 1.08. The van der Waals surface area contributed by atoms with Gasteiger partial charge in [0.05, 0.1) is 23.3 Å². The molecule has 0 fully saturated rings. The largest absolute Gasteiger partial charge is 0.495 e. The minimum Gasteiger partial charge on any atom is -0.495 e. The Hall–Kier alpha value is -2.35. The van der Waals surface area contributed by atoms with Crippen molar-refractivity contribution in [2.24, 2.45) is 0 Å². The summed E-state index contributed by atoms with van der Waals surface area (Å²) in [5.74, 6) is -0.447. The second-order valence-corrected chi connectivity index (χ2v) is 8.20. The van der Waals surface area contributed by atoms with Gasteiger partial charge in [-0.05, 0) is 49.5 Å². The number of benzene rings is 2. The number of carboxylic acid groups (broad SMARTS) is 1. The molecule has 2 N–H and O–H groups in total. The van der Waals surface area contributed by atoms with Gasteiger partial charge in [0, 0.05) is 29.1 Å². The van der Waals surface area contributed by atoms with Crippen molar-refractivity contribution in [3.05, 3.63) is 62.7 Å². The summed E-state index contributed by atoms with van der Waals surface area (Å²) in [5.41, 5.74) is 3.32. The minimum absolute atomic E-state index is 0.117. The molecule has 3 rings (SSSR count). The number of halogens is 2. The van der Waals surface area contributed by atoms with Crippen molar-refractivity contribution in [3.8, 4) is 5.75 Å². The summed E-state index contributed by atoms with van der Waals surface area (Å²) in [4.78, 5) is 18.3. The Bertz CT molecular complexity index is 1070. The number of nitrogens with zero attached hydrogens (tertiary/aromatic N) is 2. The number of nitrogens with one attached hydrogen (secondary N) is 1. The van der Waals surface area contributed by atoms with E-state index in [1.165, 1.54) is 6.20 Å². The summed E-state index contributed by atoms with van der Waals surface area (Å²) in [5, 5.41) is 14.2. The number of rotatable bonds is 7. The number of carbonyl (C=O) groups is 1. The fraction of sp³-hybridized carbons (Fsp3) is 0.238. The molecular weight excluding hydrogens is 458 g/mol. The third-order valence-corrected chi connectivity index (χ3v) is 5.17. The highest BCUT2D eigenvalue weighted by Crippen LogP contribution is 2.33. The van der Waals surface area contributed by atoms with Crippen molar-refractivity contribution in [1.82, 2.24) is 9.88 Å². The van der Waals surface area contributed by atoms with Gasteiger partial charge in [0.25, 0.3) is 0 Å². The van der Waals surface area contributed by atoms with Crippen LogP contribution in [0.2, 0.25) is 5.02 Å². The number of hydrogen-bond donors (Lipinski definition) is 2. The van der Waals surface area contributed by atoms with Crippen LogP contribution >= 0.6 is 27.5 Å². The van der Waals surface area contributed by atoms with Crippen LogP contribution in [0.4, 0.5) is 5.69 Å². The van der Waals surface area contributed by atoms with Gasteiger partial charge in [-0.15, -0.1) is 0 Å². The molecule has 8 heteroatoms. The highest BCUT2D eigenvalue weighted by atomic mass is 79.9. The molecule has 152 valence electrons. The normalized spacial score (nSPS) is 11.1. The monoisotopic (exact) mass is 477 g/mol. The maximum atomic E-state index is 11.8. The number of carboxylic acids is 1. The van der Waals surface area contributed by atoms with E-state index in [4.69, 9.17) is 16.3 Å². The molecule has 0 bridgehead atoms. The van der Waals surface area contributed by atoms with Gasteiger partial charge >= 0.3 is 5.97 Å². The molecule has 0 aliphatic carbocycles. The third-order valence-electron chi connectivity index (χ3n) is 4.42. The molecule has 1 heterocycles. The average Bonchev–Trinajstić information content (AvgIpc) is 2.65. The molecule has 0 aliphatic rings. The van der Waals surface area contributed by atoms with E-state index in [9.17, 15) is 9.90 Å². The quantitative estimate of drug-likeness (QED) is 0.496. The van der Waals surface area contributed by atoms with Crippen molar-refractivity contribution < 1.29 is 14.6 Å². The summed E-state index contributed by atoms with van der Waals surface area (Å²) in [6, 6.07) is 9.35. The lowest BCUT2D eigenvalue weighted by Gasteiger charge is -2.17. The highest BCUT2D eigenvalue weighted by Gasteiger charge is 2.17. The Morgan fingerprint density at radius 1 is 1.31 bits per heavy atom. The number of fused-ring (bicyclic) bond motifs is 1. The molecule has 3 aromatic rings. The highest BCUT2D eigenvalue weighted by molar-refractivity contribution is 9.10. The zero-order valence-corrected chi connectivity index (χ0v) is 18.6. The van der Waals surface area contributed by atoms with Crippen molar-refractivity contribution in [2.75, 3.05) is 26.5 Å². The smallest absolute Gasteiger partial charge is 0.339 e. The zero-order chi connectivity index (χ0) is 21.1. The van der Waals surface area contributed by atoms with Gasteiger partial charge in [-0.1, -0.05) is 33.6 Å². The van der Waals surface area contributed by atoms with Crippen molar-refractivity contribution >= 4 is 50.1 Å². The fourth-order valence-electron chi connectivity index (χ4n) is 3.16. The predicted molar refractivity (Wildman–Crippen MR) is 119 cm³/mol. The molecule has 0 radical (unpaired) electrons. The SMILES string of the molecule is COc1ccc(CNc2c(C(=O)O)cnc3c(CN(C)C)cc(Br)cc23)cc1Cl. The van der Waals surface area contributed by atoms with Crippen LogP contribution in [0, 0.1) is 0 Å². The van der Waals surface area contributed by atoms with E-state index in [1.54, 1.807) is 19.2 Å². The molecule has 2 aromatic carbocycles. The van der Waals surface area contributed by atoms with Crippen molar-refractivity contribution in [2.45, 2.75) is 13.1 Å². The molecule has 0 saturated carbocycles. The molecule has 0 atom stereocenters. The van der Waals surface area contributed by atoms with Gasteiger partial charge in [-0.2, -0.15) is 0 Å². The van der Waals surface area contributed by atoms with Crippen molar-refractivity contribution in [1.29, 1.82) is 0 Å². The Labute approximate surface area is 182 Å². The number of ether oxygens (including phenoxy) is 1. The minimum atomic E-state index is -1.04. The maximum absolute atomic E-state index is 11.8. The van der Waals surface area contributed by atoms with Crippen LogP contribution in [0.1, 0.15) is 21.5 Å². The average molecular weight is 479 g/mol. The van der Waals surface area contributed by atoms with Gasteiger partial charge in [0.1, 0.15) is 11.3 Å². The zero-order valence-electron chi connectivity index (χ0n) is 16.3. The molecule has 0 unspecified atom stereocenters. The van der Waals surface area contributed by atoms with E-state index < -0.39 is 5.97 Å². The van der Waals surface area contributed by atoms with Crippen LogP contribution in [-0.4, -0.2) is 42.2 Å². The summed E-state index contributed by atoms with van der Waals surface area (Å²) >= 11 is 9.75. The van der Waals surface area contributed by atoms with Crippen molar-refractivity contribution in [3.63, 3.8) is 0 Å². The molecule has 6 nitrogen and oxygen atoms in total. The van der Waals surface area contributed by atoms with Crippen LogP contribution in [0.3, 0.4) is 0 Å². The van der Waals surface area contributed by atoms with Crippen LogP contribution < -0.4 is 10.1 Å². The van der Waals surface area contributed by atoms with Crippen LogP contribution in [0.25, 0.3) is 10.9 Å². The lowest BCUT2D eigenvalue weighted by molar-refractivity contribution is 0.0697.